The molecule has 0 aliphatic carbocycles. The normalized spacial score (nSPS) is 21.1. The number of hydrogen-bond donors (Lipinski definition) is 0. The molecule has 0 aromatic rings. The van der Waals surface area contributed by atoms with Gasteiger partial charge in [-0.2, -0.15) is 0 Å². The first-order valence-corrected chi connectivity index (χ1v) is 19.3. The molecule has 1 fully saturated rings. The molecular formula is C34H70NO4P. The molecule has 40 heavy (non-hydrogen) atoms. The second kappa shape index (κ2) is 25.6. The second-order valence-corrected chi connectivity index (χ2v) is 14.5. The molecule has 0 N–H and O–H groups in total. The number of rotatable bonds is 29. The van der Waals surface area contributed by atoms with E-state index in [2.05, 4.69) is 20.9 Å². The summed E-state index contributed by atoms with van der Waals surface area (Å²) in [6, 6.07) is 0. The van der Waals surface area contributed by atoms with Crippen molar-refractivity contribution in [3.05, 3.63) is 0 Å². The molecule has 0 aromatic heterocycles. The minimum absolute atomic E-state index is 0.210. The van der Waals surface area contributed by atoms with Gasteiger partial charge in [0.25, 0.3) is 7.82 Å². The van der Waals surface area contributed by atoms with Crippen LogP contribution in [0.2, 0.25) is 0 Å². The Morgan fingerprint density at radius 2 is 0.950 bits per heavy atom. The van der Waals surface area contributed by atoms with Gasteiger partial charge in [0, 0.05) is 12.8 Å². The number of piperidine rings is 1. The molecule has 1 aliphatic rings. The maximum Gasteiger partial charge on any atom is 0.268 e. The van der Waals surface area contributed by atoms with E-state index in [1.165, 1.54) is 148 Å². The van der Waals surface area contributed by atoms with Crippen molar-refractivity contribution in [2.24, 2.45) is 0 Å². The lowest BCUT2D eigenvalue weighted by molar-refractivity contribution is -0.915. The number of likely N-dealkylation sites (tertiary alicyclic amines) is 1. The van der Waals surface area contributed by atoms with Crippen LogP contribution in [0.25, 0.3) is 0 Å². The monoisotopic (exact) mass is 588 g/mol. The van der Waals surface area contributed by atoms with Crippen LogP contribution in [0.5, 0.6) is 0 Å². The second-order valence-electron chi connectivity index (χ2n) is 13.2. The maximum atomic E-state index is 12.3. The zero-order valence-electron chi connectivity index (χ0n) is 27.3. The first-order valence-electron chi connectivity index (χ1n) is 17.9. The Balaban J connectivity index is 1.95. The topological polar surface area (TPSA) is 58.6 Å². The summed E-state index contributed by atoms with van der Waals surface area (Å²) in [5.41, 5.74) is 0. The van der Waals surface area contributed by atoms with Gasteiger partial charge in [-0.15, -0.1) is 0 Å². The number of unbranched alkanes of at least 4 members (excludes halogenated alkanes) is 22. The van der Waals surface area contributed by atoms with Gasteiger partial charge in [-0.3, -0.25) is 4.57 Å². The maximum absolute atomic E-state index is 12.3. The number of phosphoric ester groups is 1. The molecule has 5 nitrogen and oxygen atoms in total. The van der Waals surface area contributed by atoms with E-state index >= 15 is 0 Å². The highest BCUT2D eigenvalue weighted by Crippen LogP contribution is 2.42. The lowest BCUT2D eigenvalue weighted by Crippen LogP contribution is -2.51. The summed E-state index contributed by atoms with van der Waals surface area (Å²) in [5, 5.41) is 0. The Hall–Kier alpha value is 0.0700. The van der Waals surface area contributed by atoms with Crippen molar-refractivity contribution in [3.8, 4) is 0 Å². The van der Waals surface area contributed by atoms with E-state index < -0.39 is 7.82 Å². The fraction of sp³-hybridized carbons (Fsp3) is 1.00. The van der Waals surface area contributed by atoms with Gasteiger partial charge in [0.2, 0.25) is 0 Å². The van der Waals surface area contributed by atoms with Crippen molar-refractivity contribution in [1.29, 1.82) is 0 Å². The highest BCUT2D eigenvalue weighted by molar-refractivity contribution is 7.45. The fourth-order valence-electron chi connectivity index (χ4n) is 6.16. The predicted octanol–water partition coefficient (Wildman–Crippen LogP) is 10.5. The van der Waals surface area contributed by atoms with Crippen LogP contribution in [0.4, 0.5) is 0 Å². The summed E-state index contributed by atoms with van der Waals surface area (Å²) in [6.45, 7) is 8.01. The summed E-state index contributed by atoms with van der Waals surface area (Å²) in [7, 11) is -1.87. The van der Waals surface area contributed by atoms with Crippen molar-refractivity contribution < 1.29 is 23.0 Å². The molecule has 240 valence electrons. The Kier molecular flexibility index (Phi) is 24.3. The Labute approximate surface area is 250 Å². The van der Waals surface area contributed by atoms with Gasteiger partial charge in [0.05, 0.1) is 39.4 Å². The molecule has 1 unspecified atom stereocenters. The van der Waals surface area contributed by atoms with Crippen molar-refractivity contribution >= 4 is 7.82 Å². The van der Waals surface area contributed by atoms with Crippen LogP contribution >= 0.6 is 7.82 Å². The third-order valence-corrected chi connectivity index (χ3v) is 10.1. The van der Waals surface area contributed by atoms with Crippen LogP contribution in [-0.4, -0.2) is 43.9 Å². The van der Waals surface area contributed by atoms with E-state index in [0.29, 0.717) is 0 Å². The summed E-state index contributed by atoms with van der Waals surface area (Å²) in [4.78, 5) is 12.3. The van der Waals surface area contributed by atoms with Crippen LogP contribution in [0.15, 0.2) is 0 Å². The van der Waals surface area contributed by atoms with Crippen LogP contribution in [0, 0.1) is 0 Å². The molecule has 0 bridgehead atoms. The summed E-state index contributed by atoms with van der Waals surface area (Å²) in [5.74, 6) is 0. The van der Waals surface area contributed by atoms with E-state index in [0.717, 1.165) is 43.3 Å². The number of quaternary nitrogens is 1. The van der Waals surface area contributed by atoms with E-state index in [9.17, 15) is 9.46 Å². The number of hydrogen-bond acceptors (Lipinski definition) is 4. The SMILES string of the molecule is CCCCCCCCCCCCCCCCOP(=O)([O-])OC1CC[N+](C)(CCCCCCCCCCCC)CC1. The molecule has 0 spiro atoms. The smallest absolute Gasteiger partial charge is 0.268 e. The Bertz CT molecular complexity index is 594. The van der Waals surface area contributed by atoms with Gasteiger partial charge in [0.15, 0.2) is 0 Å². The zero-order chi connectivity index (χ0) is 29.2. The van der Waals surface area contributed by atoms with Gasteiger partial charge in [-0.05, 0) is 19.3 Å². The van der Waals surface area contributed by atoms with E-state index in [1.54, 1.807) is 0 Å². The largest absolute Gasteiger partial charge is 0.756 e. The lowest BCUT2D eigenvalue weighted by Gasteiger charge is -2.41. The Morgan fingerprint density at radius 1 is 0.600 bits per heavy atom. The summed E-state index contributed by atoms with van der Waals surface area (Å²) in [6.07, 6.45) is 33.1. The molecule has 1 rings (SSSR count). The average molecular weight is 588 g/mol. The number of nitrogens with zero attached hydrogens (tertiary/aromatic N) is 1. The zero-order valence-corrected chi connectivity index (χ0v) is 28.2. The third kappa shape index (κ3) is 22.6. The fourth-order valence-corrected chi connectivity index (χ4v) is 7.15. The third-order valence-electron chi connectivity index (χ3n) is 9.06. The first-order chi connectivity index (χ1) is 19.4. The van der Waals surface area contributed by atoms with Crippen LogP contribution < -0.4 is 4.89 Å². The quantitative estimate of drug-likeness (QED) is 0.0496. The van der Waals surface area contributed by atoms with Crippen LogP contribution in [0.1, 0.15) is 181 Å². The standard InChI is InChI=1S/C34H70NO4P/c1-4-6-8-10-12-14-16-17-18-19-21-23-25-27-33-38-40(36,37)39-34-28-31-35(3,32-29-34)30-26-24-22-20-15-13-11-9-7-5-2/h34H,4-33H2,1-3H3. The number of phosphoric acid groups is 1. The van der Waals surface area contributed by atoms with E-state index in [1.807, 2.05) is 0 Å². The molecule has 6 heteroatoms. The minimum atomic E-state index is -4.19. The van der Waals surface area contributed by atoms with Gasteiger partial charge >= 0.3 is 0 Å². The molecule has 0 aromatic carbocycles. The molecule has 0 amide bonds. The highest BCUT2D eigenvalue weighted by Gasteiger charge is 2.32. The van der Waals surface area contributed by atoms with Crippen molar-refractivity contribution in [2.45, 2.75) is 187 Å². The molecular weight excluding hydrogens is 517 g/mol. The molecule has 0 saturated carbocycles. The van der Waals surface area contributed by atoms with Gasteiger partial charge in [-0.25, -0.2) is 0 Å². The first kappa shape index (κ1) is 38.1. The van der Waals surface area contributed by atoms with E-state index in [4.69, 9.17) is 9.05 Å². The molecule has 1 aliphatic heterocycles. The van der Waals surface area contributed by atoms with Crippen LogP contribution in [-0.2, 0) is 13.6 Å². The minimum Gasteiger partial charge on any atom is -0.756 e. The van der Waals surface area contributed by atoms with Crippen LogP contribution in [0.3, 0.4) is 0 Å². The van der Waals surface area contributed by atoms with Crippen molar-refractivity contribution in [1.82, 2.24) is 0 Å². The van der Waals surface area contributed by atoms with E-state index in [-0.39, 0.29) is 12.7 Å². The van der Waals surface area contributed by atoms with Gasteiger partial charge in [0.1, 0.15) is 0 Å². The Morgan fingerprint density at radius 3 is 1.35 bits per heavy atom. The molecule has 1 saturated heterocycles. The van der Waals surface area contributed by atoms with Crippen molar-refractivity contribution in [3.63, 3.8) is 0 Å². The summed E-state index contributed by atoms with van der Waals surface area (Å²) >= 11 is 0. The lowest BCUT2D eigenvalue weighted by atomic mass is 10.0. The highest BCUT2D eigenvalue weighted by atomic mass is 31.2. The summed E-state index contributed by atoms with van der Waals surface area (Å²) < 4.78 is 24.1. The molecule has 1 heterocycles. The van der Waals surface area contributed by atoms with Gasteiger partial charge < -0.3 is 18.4 Å². The molecule has 0 radical (unpaired) electrons. The predicted molar refractivity (Wildman–Crippen MR) is 171 cm³/mol. The average Bonchev–Trinajstić information content (AvgIpc) is 2.93. The van der Waals surface area contributed by atoms with Crippen molar-refractivity contribution in [2.75, 3.05) is 33.3 Å². The molecule has 1 atom stereocenters. The van der Waals surface area contributed by atoms with Gasteiger partial charge in [-0.1, -0.05) is 149 Å².